The number of benzene rings is 2. The van der Waals surface area contributed by atoms with Gasteiger partial charge in [0.1, 0.15) is 5.82 Å². The Morgan fingerprint density at radius 1 is 1.12 bits per heavy atom. The second-order valence-corrected chi connectivity index (χ2v) is 6.90. The van der Waals surface area contributed by atoms with Crippen LogP contribution >= 0.6 is 0 Å². The van der Waals surface area contributed by atoms with Crippen LogP contribution < -0.4 is 11.3 Å². The van der Waals surface area contributed by atoms with E-state index in [0.717, 1.165) is 0 Å². The van der Waals surface area contributed by atoms with Gasteiger partial charge in [0.05, 0.1) is 6.42 Å². The van der Waals surface area contributed by atoms with Gasteiger partial charge < -0.3 is 10.3 Å². The van der Waals surface area contributed by atoms with Crippen LogP contribution in [-0.2, 0) is 17.8 Å². The number of nitrogens with two attached hydrogens (primary N) is 1. The molecule has 1 aromatic heterocycles. The maximum absolute atomic E-state index is 14.4. The van der Waals surface area contributed by atoms with Gasteiger partial charge in [0.15, 0.2) is 0 Å². The van der Waals surface area contributed by atoms with Crippen molar-refractivity contribution >= 4 is 16.7 Å². The lowest BCUT2D eigenvalue weighted by molar-refractivity contribution is -0.117. The van der Waals surface area contributed by atoms with Crippen molar-refractivity contribution in [3.63, 3.8) is 0 Å². The van der Waals surface area contributed by atoms with E-state index in [2.05, 4.69) is 0 Å². The molecular formula is C21H21FN2O2. The minimum atomic E-state index is -0.454. The van der Waals surface area contributed by atoms with Crippen LogP contribution in [0.1, 0.15) is 19.4 Å². The number of carbonyl (C=O) groups excluding carboxylic acids is 1. The van der Waals surface area contributed by atoms with Crippen LogP contribution in [0.2, 0.25) is 0 Å². The molecular weight excluding hydrogens is 331 g/mol. The molecule has 0 bridgehead atoms. The zero-order valence-electron chi connectivity index (χ0n) is 14.8. The molecule has 2 N–H and O–H groups in total. The van der Waals surface area contributed by atoms with Gasteiger partial charge >= 0.3 is 0 Å². The lowest BCUT2D eigenvalue weighted by Crippen LogP contribution is -2.23. The summed E-state index contributed by atoms with van der Waals surface area (Å²) in [6, 6.07) is 11.6. The molecule has 0 radical (unpaired) electrons. The Bertz CT molecular complexity index is 1040. The van der Waals surface area contributed by atoms with Gasteiger partial charge in [0.2, 0.25) is 5.91 Å². The molecule has 0 unspecified atom stereocenters. The summed E-state index contributed by atoms with van der Waals surface area (Å²) in [6.45, 7) is 4.59. The Labute approximate surface area is 151 Å². The topological polar surface area (TPSA) is 65.1 Å². The lowest BCUT2D eigenvalue weighted by atomic mass is 9.97. The average Bonchev–Trinajstić information content (AvgIpc) is 2.57. The normalized spacial score (nSPS) is 11.2. The molecule has 1 amide bonds. The minimum absolute atomic E-state index is 0.0712. The highest BCUT2D eigenvalue weighted by molar-refractivity contribution is 5.96. The van der Waals surface area contributed by atoms with Gasteiger partial charge in [0, 0.05) is 29.3 Å². The van der Waals surface area contributed by atoms with Gasteiger partial charge in [-0.25, -0.2) is 4.39 Å². The molecule has 2 aromatic carbocycles. The zero-order valence-corrected chi connectivity index (χ0v) is 14.8. The fourth-order valence-electron chi connectivity index (χ4n) is 3.17. The second kappa shape index (κ2) is 7.12. The van der Waals surface area contributed by atoms with Gasteiger partial charge in [-0.1, -0.05) is 38.1 Å². The van der Waals surface area contributed by atoms with E-state index in [9.17, 15) is 14.0 Å². The molecule has 4 nitrogen and oxygen atoms in total. The number of fused-ring (bicyclic) bond motifs is 1. The monoisotopic (exact) mass is 352 g/mol. The van der Waals surface area contributed by atoms with Crippen LogP contribution in [0.4, 0.5) is 4.39 Å². The van der Waals surface area contributed by atoms with E-state index in [0.29, 0.717) is 34.0 Å². The van der Waals surface area contributed by atoms with Crippen molar-refractivity contribution in [2.45, 2.75) is 26.8 Å². The third-order valence-electron chi connectivity index (χ3n) is 4.25. The number of halogens is 1. The summed E-state index contributed by atoms with van der Waals surface area (Å²) in [4.78, 5) is 24.1. The Kier molecular flexibility index (Phi) is 4.89. The van der Waals surface area contributed by atoms with E-state index in [-0.39, 0.29) is 23.7 Å². The Morgan fingerprint density at radius 3 is 2.50 bits per heavy atom. The minimum Gasteiger partial charge on any atom is -0.369 e. The smallest absolute Gasteiger partial charge is 0.258 e. The first kappa shape index (κ1) is 17.9. The number of amides is 1. The molecule has 0 aliphatic carbocycles. The van der Waals surface area contributed by atoms with E-state index >= 15 is 0 Å². The molecule has 1 heterocycles. The summed E-state index contributed by atoms with van der Waals surface area (Å²) in [7, 11) is 0. The molecule has 134 valence electrons. The van der Waals surface area contributed by atoms with Gasteiger partial charge in [-0.2, -0.15) is 0 Å². The average molecular weight is 352 g/mol. The number of hydrogen-bond donors (Lipinski definition) is 1. The Balaban J connectivity index is 2.34. The van der Waals surface area contributed by atoms with Crippen molar-refractivity contribution < 1.29 is 9.18 Å². The molecule has 0 fully saturated rings. The van der Waals surface area contributed by atoms with Crippen LogP contribution in [0.3, 0.4) is 0 Å². The molecule has 5 heteroatoms. The number of rotatable bonds is 5. The molecule has 0 saturated heterocycles. The number of primary amides is 1. The fraction of sp³-hybridized carbons (Fsp3) is 0.238. The highest BCUT2D eigenvalue weighted by atomic mass is 19.1. The lowest BCUT2D eigenvalue weighted by Gasteiger charge is -2.15. The van der Waals surface area contributed by atoms with Crippen LogP contribution in [-0.4, -0.2) is 10.5 Å². The van der Waals surface area contributed by atoms with E-state index < -0.39 is 5.91 Å². The third kappa shape index (κ3) is 3.52. The summed E-state index contributed by atoms with van der Waals surface area (Å²) in [5, 5.41) is 1.12. The number of hydrogen-bond acceptors (Lipinski definition) is 2. The third-order valence-corrected chi connectivity index (χ3v) is 4.25. The standard InChI is InChI=1S/C21H21FN2O2/c1-13(2)11-24-12-18(15-5-3-4-6-19(15)22)17-9-14(10-20(23)25)7-8-16(17)21(24)26/h3-9,12-13H,10-11H2,1-2H3,(H2,23,25). The van der Waals surface area contributed by atoms with Gasteiger partial charge in [-0.3, -0.25) is 9.59 Å². The summed E-state index contributed by atoms with van der Waals surface area (Å²) >= 11 is 0. The zero-order chi connectivity index (χ0) is 18.8. The van der Waals surface area contributed by atoms with Crippen LogP contribution in [0, 0.1) is 11.7 Å². The number of aromatic nitrogens is 1. The Hall–Kier alpha value is -2.95. The van der Waals surface area contributed by atoms with Crippen LogP contribution in [0.5, 0.6) is 0 Å². The number of carbonyl (C=O) groups is 1. The summed E-state index contributed by atoms with van der Waals surface area (Å²) in [5.74, 6) is -0.540. The van der Waals surface area contributed by atoms with Crippen molar-refractivity contribution in [2.75, 3.05) is 0 Å². The van der Waals surface area contributed by atoms with Crippen molar-refractivity contribution in [3.05, 3.63) is 70.4 Å². The quantitative estimate of drug-likeness (QED) is 0.764. The molecule has 0 saturated carbocycles. The highest BCUT2D eigenvalue weighted by Gasteiger charge is 2.15. The van der Waals surface area contributed by atoms with Gasteiger partial charge in [-0.05, 0) is 35.1 Å². The predicted octanol–water partition coefficient (Wildman–Crippen LogP) is 3.49. The molecule has 0 aliphatic rings. The molecule has 3 aromatic rings. The number of pyridine rings is 1. The first-order chi connectivity index (χ1) is 12.4. The van der Waals surface area contributed by atoms with E-state index in [4.69, 9.17) is 5.73 Å². The van der Waals surface area contributed by atoms with Crippen molar-refractivity contribution in [1.29, 1.82) is 0 Å². The molecule has 0 atom stereocenters. The first-order valence-corrected chi connectivity index (χ1v) is 8.56. The van der Waals surface area contributed by atoms with Gasteiger partial charge in [-0.15, -0.1) is 0 Å². The maximum atomic E-state index is 14.4. The van der Waals surface area contributed by atoms with Gasteiger partial charge in [0.25, 0.3) is 5.56 Å². The van der Waals surface area contributed by atoms with E-state index in [1.807, 2.05) is 13.8 Å². The van der Waals surface area contributed by atoms with Crippen molar-refractivity contribution in [3.8, 4) is 11.1 Å². The summed E-state index contributed by atoms with van der Waals surface area (Å²) < 4.78 is 16.1. The maximum Gasteiger partial charge on any atom is 0.258 e. The summed E-state index contributed by atoms with van der Waals surface area (Å²) in [6.07, 6.45) is 1.78. The molecule has 0 spiro atoms. The van der Waals surface area contributed by atoms with E-state index in [1.54, 1.807) is 47.2 Å². The first-order valence-electron chi connectivity index (χ1n) is 8.56. The molecule has 26 heavy (non-hydrogen) atoms. The second-order valence-electron chi connectivity index (χ2n) is 6.90. The van der Waals surface area contributed by atoms with Crippen LogP contribution in [0.25, 0.3) is 21.9 Å². The van der Waals surface area contributed by atoms with Crippen molar-refractivity contribution in [2.24, 2.45) is 11.7 Å². The van der Waals surface area contributed by atoms with E-state index in [1.165, 1.54) is 6.07 Å². The number of nitrogens with zero attached hydrogens (tertiary/aromatic N) is 1. The van der Waals surface area contributed by atoms with Crippen LogP contribution in [0.15, 0.2) is 53.5 Å². The predicted molar refractivity (Wildman–Crippen MR) is 101 cm³/mol. The van der Waals surface area contributed by atoms with Crippen molar-refractivity contribution in [1.82, 2.24) is 4.57 Å². The summed E-state index contributed by atoms with van der Waals surface area (Å²) in [5.41, 5.74) is 6.91. The molecule has 3 rings (SSSR count). The fourth-order valence-corrected chi connectivity index (χ4v) is 3.17. The largest absolute Gasteiger partial charge is 0.369 e. The highest BCUT2D eigenvalue weighted by Crippen LogP contribution is 2.30. The molecule has 0 aliphatic heterocycles. The Morgan fingerprint density at radius 2 is 1.85 bits per heavy atom. The SMILES string of the molecule is CC(C)Cn1cc(-c2ccccc2F)c2cc(CC(N)=O)ccc2c1=O.